The van der Waals surface area contributed by atoms with Crippen molar-refractivity contribution in [1.29, 1.82) is 0 Å². The highest BCUT2D eigenvalue weighted by atomic mass is 16.5. The summed E-state index contributed by atoms with van der Waals surface area (Å²) < 4.78 is 7.48. The van der Waals surface area contributed by atoms with E-state index in [0.29, 0.717) is 13.2 Å². The van der Waals surface area contributed by atoms with E-state index < -0.39 is 0 Å². The van der Waals surface area contributed by atoms with Crippen LogP contribution in [-0.4, -0.2) is 42.5 Å². The Hall–Kier alpha value is -2.50. The lowest BCUT2D eigenvalue weighted by atomic mass is 10.3. The summed E-state index contributed by atoms with van der Waals surface area (Å²) in [7, 11) is 1.75. The van der Waals surface area contributed by atoms with Crippen molar-refractivity contribution in [1.82, 2.24) is 20.4 Å². The van der Waals surface area contributed by atoms with E-state index in [0.717, 1.165) is 24.8 Å². The minimum atomic E-state index is 0.587. The first kappa shape index (κ1) is 14.9. The molecule has 0 spiro atoms. The van der Waals surface area contributed by atoms with E-state index in [9.17, 15) is 0 Å². The number of para-hydroxylation sites is 1. The maximum atomic E-state index is 5.60. The molecule has 2 N–H and O–H groups in total. The fourth-order valence-corrected chi connectivity index (χ4v) is 1.80. The van der Waals surface area contributed by atoms with E-state index >= 15 is 0 Å². The molecule has 0 atom stereocenters. The first-order chi connectivity index (χ1) is 10.4. The normalized spacial score (nSPS) is 11.2. The van der Waals surface area contributed by atoms with Crippen molar-refractivity contribution in [3.63, 3.8) is 0 Å². The van der Waals surface area contributed by atoms with E-state index in [1.165, 1.54) is 0 Å². The van der Waals surface area contributed by atoms with Gasteiger partial charge in [-0.2, -0.15) is 5.10 Å². The van der Waals surface area contributed by atoms with Crippen LogP contribution < -0.4 is 15.4 Å². The number of ether oxygens (including phenoxy) is 1. The Kier molecular flexibility index (Phi) is 6.12. The number of nitrogens with zero attached hydrogens (tertiary/aromatic N) is 3. The number of aromatic nitrogens is 2. The Bertz CT molecular complexity index is 524. The van der Waals surface area contributed by atoms with Crippen molar-refractivity contribution >= 4 is 5.96 Å². The van der Waals surface area contributed by atoms with Gasteiger partial charge < -0.3 is 15.4 Å². The topological polar surface area (TPSA) is 63.5 Å². The standard InChI is InChI=1S/C15H21N5O/c1-16-15(17-9-12-20-11-5-8-19-20)18-10-13-21-14-6-3-2-4-7-14/h2-8,11H,9-10,12-13H2,1H3,(H2,16,17,18). The molecule has 1 heterocycles. The number of hydrogen-bond acceptors (Lipinski definition) is 3. The van der Waals surface area contributed by atoms with E-state index in [1.54, 1.807) is 13.2 Å². The molecule has 0 unspecified atom stereocenters. The van der Waals surface area contributed by atoms with Gasteiger partial charge in [0, 0.05) is 26.0 Å². The Labute approximate surface area is 124 Å². The fourth-order valence-electron chi connectivity index (χ4n) is 1.80. The molecule has 0 bridgehead atoms. The van der Waals surface area contributed by atoms with Crippen LogP contribution in [-0.2, 0) is 6.54 Å². The average Bonchev–Trinajstić information content (AvgIpc) is 3.04. The molecule has 0 amide bonds. The van der Waals surface area contributed by atoms with Crippen LogP contribution in [0.5, 0.6) is 5.75 Å². The molecular weight excluding hydrogens is 266 g/mol. The van der Waals surface area contributed by atoms with Crippen molar-refractivity contribution < 1.29 is 4.74 Å². The lowest BCUT2D eigenvalue weighted by Gasteiger charge is -2.12. The van der Waals surface area contributed by atoms with Gasteiger partial charge in [-0.3, -0.25) is 9.67 Å². The zero-order valence-electron chi connectivity index (χ0n) is 12.2. The Balaban J connectivity index is 1.59. The number of aliphatic imine (C=N–C) groups is 1. The summed E-state index contributed by atoms with van der Waals surface area (Å²) in [5, 5.41) is 10.6. The third kappa shape index (κ3) is 5.56. The Morgan fingerprint density at radius 3 is 2.71 bits per heavy atom. The first-order valence-corrected chi connectivity index (χ1v) is 6.98. The number of rotatable bonds is 7. The molecule has 6 heteroatoms. The van der Waals surface area contributed by atoms with Crippen LogP contribution in [0.1, 0.15) is 0 Å². The third-order valence-corrected chi connectivity index (χ3v) is 2.82. The number of guanidine groups is 1. The van der Waals surface area contributed by atoms with Gasteiger partial charge in [-0.25, -0.2) is 0 Å². The monoisotopic (exact) mass is 287 g/mol. The van der Waals surface area contributed by atoms with Gasteiger partial charge in [-0.05, 0) is 18.2 Å². The molecule has 112 valence electrons. The highest BCUT2D eigenvalue weighted by molar-refractivity contribution is 5.79. The summed E-state index contributed by atoms with van der Waals surface area (Å²) in [4.78, 5) is 4.16. The summed E-state index contributed by atoms with van der Waals surface area (Å²) in [6.45, 7) is 2.84. The van der Waals surface area contributed by atoms with Gasteiger partial charge in [0.25, 0.3) is 0 Å². The highest BCUT2D eigenvalue weighted by Gasteiger charge is 1.97. The Morgan fingerprint density at radius 1 is 1.19 bits per heavy atom. The quantitative estimate of drug-likeness (QED) is 0.455. The molecule has 0 aliphatic rings. The summed E-state index contributed by atoms with van der Waals surface area (Å²) in [5.41, 5.74) is 0. The van der Waals surface area contributed by atoms with Crippen LogP contribution in [0.2, 0.25) is 0 Å². The third-order valence-electron chi connectivity index (χ3n) is 2.82. The molecular formula is C15H21N5O. The van der Waals surface area contributed by atoms with E-state index in [4.69, 9.17) is 4.74 Å². The van der Waals surface area contributed by atoms with E-state index in [-0.39, 0.29) is 0 Å². The number of benzene rings is 1. The molecule has 0 fully saturated rings. The average molecular weight is 287 g/mol. The van der Waals surface area contributed by atoms with Gasteiger partial charge >= 0.3 is 0 Å². The summed E-state index contributed by atoms with van der Waals surface area (Å²) in [5.74, 6) is 1.64. The highest BCUT2D eigenvalue weighted by Crippen LogP contribution is 2.07. The smallest absolute Gasteiger partial charge is 0.191 e. The van der Waals surface area contributed by atoms with Crippen LogP contribution in [0.4, 0.5) is 0 Å². The molecule has 0 aliphatic carbocycles. The second-order valence-electron chi connectivity index (χ2n) is 4.36. The predicted octanol–water partition coefficient (Wildman–Crippen LogP) is 1.13. The van der Waals surface area contributed by atoms with E-state index in [1.807, 2.05) is 47.3 Å². The van der Waals surface area contributed by atoms with Gasteiger partial charge in [-0.15, -0.1) is 0 Å². The van der Waals surface area contributed by atoms with Gasteiger partial charge in [-0.1, -0.05) is 18.2 Å². The summed E-state index contributed by atoms with van der Waals surface area (Å²) >= 11 is 0. The molecule has 1 aromatic carbocycles. The molecule has 1 aromatic heterocycles. The molecule has 0 saturated heterocycles. The minimum Gasteiger partial charge on any atom is -0.492 e. The fraction of sp³-hybridized carbons (Fsp3) is 0.333. The van der Waals surface area contributed by atoms with Crippen molar-refractivity contribution in [2.75, 3.05) is 26.7 Å². The van der Waals surface area contributed by atoms with Crippen LogP contribution in [0.3, 0.4) is 0 Å². The molecule has 2 rings (SSSR count). The SMILES string of the molecule is CN=C(NCCOc1ccccc1)NCCn1cccn1. The second-order valence-corrected chi connectivity index (χ2v) is 4.36. The first-order valence-electron chi connectivity index (χ1n) is 6.98. The zero-order valence-corrected chi connectivity index (χ0v) is 12.2. The Morgan fingerprint density at radius 2 is 2.00 bits per heavy atom. The molecule has 0 radical (unpaired) electrons. The van der Waals surface area contributed by atoms with Crippen molar-refractivity contribution in [3.05, 3.63) is 48.8 Å². The maximum Gasteiger partial charge on any atom is 0.191 e. The molecule has 2 aromatic rings. The lowest BCUT2D eigenvalue weighted by molar-refractivity contribution is 0.322. The van der Waals surface area contributed by atoms with Crippen molar-refractivity contribution in [2.45, 2.75) is 6.54 Å². The van der Waals surface area contributed by atoms with E-state index in [2.05, 4.69) is 20.7 Å². The lowest BCUT2D eigenvalue weighted by Crippen LogP contribution is -2.40. The maximum absolute atomic E-state index is 5.60. The van der Waals surface area contributed by atoms with Gasteiger partial charge in [0.1, 0.15) is 12.4 Å². The number of hydrogen-bond donors (Lipinski definition) is 2. The minimum absolute atomic E-state index is 0.587. The number of nitrogens with one attached hydrogen (secondary N) is 2. The molecule has 21 heavy (non-hydrogen) atoms. The second kappa shape index (κ2) is 8.63. The molecule has 6 nitrogen and oxygen atoms in total. The zero-order chi connectivity index (χ0) is 14.8. The summed E-state index contributed by atoms with van der Waals surface area (Å²) in [6.07, 6.45) is 3.71. The summed E-state index contributed by atoms with van der Waals surface area (Å²) in [6, 6.07) is 11.7. The largest absolute Gasteiger partial charge is 0.492 e. The molecule has 0 aliphatic heterocycles. The van der Waals surface area contributed by atoms with Gasteiger partial charge in [0.2, 0.25) is 0 Å². The van der Waals surface area contributed by atoms with Crippen LogP contribution in [0, 0.1) is 0 Å². The molecule has 0 saturated carbocycles. The predicted molar refractivity (Wildman–Crippen MR) is 83.5 cm³/mol. The van der Waals surface area contributed by atoms with Gasteiger partial charge in [0.05, 0.1) is 13.1 Å². The van der Waals surface area contributed by atoms with Crippen LogP contribution in [0.15, 0.2) is 53.8 Å². The van der Waals surface area contributed by atoms with Crippen molar-refractivity contribution in [3.8, 4) is 5.75 Å². The van der Waals surface area contributed by atoms with Crippen LogP contribution >= 0.6 is 0 Å². The van der Waals surface area contributed by atoms with Crippen LogP contribution in [0.25, 0.3) is 0 Å². The van der Waals surface area contributed by atoms with Gasteiger partial charge in [0.15, 0.2) is 5.96 Å². The van der Waals surface area contributed by atoms with Crippen molar-refractivity contribution in [2.24, 2.45) is 4.99 Å².